The topological polar surface area (TPSA) is 119 Å². The van der Waals surface area contributed by atoms with E-state index < -0.39 is 22.2 Å². The van der Waals surface area contributed by atoms with Gasteiger partial charge in [0.25, 0.3) is 0 Å². The van der Waals surface area contributed by atoms with Gasteiger partial charge in [0.15, 0.2) is 0 Å². The van der Waals surface area contributed by atoms with Crippen LogP contribution in [0.25, 0.3) is 0 Å². The van der Waals surface area contributed by atoms with Gasteiger partial charge in [-0.1, -0.05) is 44.2 Å². The Morgan fingerprint density at radius 2 is 1.79 bits per heavy atom. The molecule has 0 aliphatic carbocycles. The molecule has 1 aliphatic heterocycles. The fourth-order valence-electron chi connectivity index (χ4n) is 4.12. The van der Waals surface area contributed by atoms with E-state index in [1.54, 1.807) is 0 Å². The minimum absolute atomic E-state index is 0.0175. The van der Waals surface area contributed by atoms with E-state index in [1.807, 2.05) is 44.2 Å². The van der Waals surface area contributed by atoms with Gasteiger partial charge >= 0.3 is 0 Å². The zero-order valence-corrected chi connectivity index (χ0v) is 20.5. The van der Waals surface area contributed by atoms with Crippen molar-refractivity contribution in [2.75, 3.05) is 19.6 Å². The van der Waals surface area contributed by atoms with Crippen LogP contribution in [0.4, 0.5) is 0 Å². The molecule has 34 heavy (non-hydrogen) atoms. The van der Waals surface area contributed by atoms with Gasteiger partial charge in [-0.25, -0.2) is 8.42 Å². The van der Waals surface area contributed by atoms with Gasteiger partial charge in [-0.05, 0) is 61.6 Å². The summed E-state index contributed by atoms with van der Waals surface area (Å²) in [6.45, 7) is 4.62. The lowest BCUT2D eigenvalue weighted by atomic mass is 10.00. The molecule has 1 heterocycles. The van der Waals surface area contributed by atoms with Gasteiger partial charge in [0.2, 0.25) is 15.9 Å². The van der Waals surface area contributed by atoms with Crippen molar-refractivity contribution in [3.8, 4) is 5.75 Å². The number of hydrogen-bond donors (Lipinski definition) is 4. The Hall–Kier alpha value is -2.46. The van der Waals surface area contributed by atoms with E-state index >= 15 is 0 Å². The van der Waals surface area contributed by atoms with Crippen molar-refractivity contribution in [1.29, 1.82) is 0 Å². The Balaban J connectivity index is 1.83. The summed E-state index contributed by atoms with van der Waals surface area (Å²) in [5.41, 5.74) is 0.933. The number of nitrogens with one attached hydrogen (secondary N) is 2. The van der Waals surface area contributed by atoms with Crippen molar-refractivity contribution in [1.82, 2.24) is 14.9 Å². The van der Waals surface area contributed by atoms with E-state index in [9.17, 15) is 23.4 Å². The highest BCUT2D eigenvalue weighted by molar-refractivity contribution is 7.89. The monoisotopic (exact) mass is 489 g/mol. The second-order valence-corrected chi connectivity index (χ2v) is 11.2. The third-order valence-electron chi connectivity index (χ3n) is 5.90. The third kappa shape index (κ3) is 7.02. The molecule has 2 aromatic carbocycles. The first-order chi connectivity index (χ1) is 16.2. The molecule has 1 aliphatic rings. The van der Waals surface area contributed by atoms with E-state index in [0.29, 0.717) is 6.42 Å². The number of amides is 1. The highest BCUT2D eigenvalue weighted by atomic mass is 32.2. The number of phenols is 1. The van der Waals surface area contributed by atoms with Gasteiger partial charge < -0.3 is 20.8 Å². The first kappa shape index (κ1) is 26.2. The van der Waals surface area contributed by atoms with Crippen molar-refractivity contribution >= 4 is 15.9 Å². The van der Waals surface area contributed by atoms with Crippen LogP contribution in [-0.4, -0.2) is 66.7 Å². The summed E-state index contributed by atoms with van der Waals surface area (Å²) in [7, 11) is -3.92. The molecule has 9 heteroatoms. The maximum Gasteiger partial charge on any atom is 0.243 e. The fourth-order valence-corrected chi connectivity index (χ4v) is 5.75. The van der Waals surface area contributed by atoms with Gasteiger partial charge in [-0.15, -0.1) is 0 Å². The number of aliphatic hydroxyl groups is 1. The van der Waals surface area contributed by atoms with E-state index in [4.69, 9.17) is 0 Å². The number of benzene rings is 2. The van der Waals surface area contributed by atoms with Crippen LogP contribution in [0.15, 0.2) is 59.5 Å². The lowest BCUT2D eigenvalue weighted by Crippen LogP contribution is -2.54. The van der Waals surface area contributed by atoms with E-state index in [1.165, 1.54) is 28.6 Å². The average molecular weight is 490 g/mol. The van der Waals surface area contributed by atoms with Crippen LogP contribution >= 0.6 is 0 Å². The number of nitrogens with zero attached hydrogens (tertiary/aromatic N) is 1. The highest BCUT2D eigenvalue weighted by Gasteiger charge is 2.32. The van der Waals surface area contributed by atoms with E-state index in [2.05, 4.69) is 10.6 Å². The van der Waals surface area contributed by atoms with Crippen molar-refractivity contribution in [3.05, 3.63) is 60.2 Å². The molecule has 8 nitrogen and oxygen atoms in total. The van der Waals surface area contributed by atoms with Crippen molar-refractivity contribution in [2.24, 2.45) is 5.92 Å². The lowest BCUT2D eigenvalue weighted by Gasteiger charge is -2.31. The third-order valence-corrected chi connectivity index (χ3v) is 7.75. The van der Waals surface area contributed by atoms with Gasteiger partial charge in [0.05, 0.1) is 23.1 Å². The summed E-state index contributed by atoms with van der Waals surface area (Å²) in [5.74, 6) is -0.196. The molecule has 2 aromatic rings. The molecule has 0 bridgehead atoms. The van der Waals surface area contributed by atoms with Gasteiger partial charge in [0, 0.05) is 13.1 Å². The van der Waals surface area contributed by atoms with Crippen molar-refractivity contribution in [3.63, 3.8) is 0 Å². The average Bonchev–Trinajstić information content (AvgIpc) is 3.34. The maximum atomic E-state index is 13.4. The number of sulfonamides is 1. The smallest absolute Gasteiger partial charge is 0.243 e. The maximum absolute atomic E-state index is 13.4. The Morgan fingerprint density at radius 1 is 1.12 bits per heavy atom. The van der Waals surface area contributed by atoms with E-state index in [0.717, 1.165) is 24.9 Å². The molecular weight excluding hydrogens is 454 g/mol. The van der Waals surface area contributed by atoms with Crippen LogP contribution in [0, 0.1) is 5.92 Å². The fraction of sp³-hybridized carbons (Fsp3) is 0.480. The van der Waals surface area contributed by atoms with Crippen molar-refractivity contribution in [2.45, 2.75) is 56.2 Å². The zero-order valence-electron chi connectivity index (χ0n) is 19.7. The SMILES string of the molecule is CC(C)CN(C[C@@H](O)[C@H](Cc1ccccc1)NC(=O)[C@@H]1CCCN1)S(=O)(=O)c1ccc(O)cc1. The summed E-state index contributed by atoms with van der Waals surface area (Å²) in [6, 6.07) is 13.9. The van der Waals surface area contributed by atoms with E-state index in [-0.39, 0.29) is 41.6 Å². The van der Waals surface area contributed by atoms with Crippen LogP contribution in [-0.2, 0) is 21.2 Å². The summed E-state index contributed by atoms with van der Waals surface area (Å²) in [5, 5.41) is 26.9. The minimum Gasteiger partial charge on any atom is -0.508 e. The van der Waals surface area contributed by atoms with Gasteiger partial charge in [-0.3, -0.25) is 4.79 Å². The molecule has 1 saturated heterocycles. The molecular formula is C25H35N3O5S. The summed E-state index contributed by atoms with van der Waals surface area (Å²) in [4.78, 5) is 12.9. The molecule has 4 N–H and O–H groups in total. The number of phenolic OH excluding ortho intramolecular Hbond substituents is 1. The lowest BCUT2D eigenvalue weighted by molar-refractivity contribution is -0.124. The number of hydrogen-bond acceptors (Lipinski definition) is 6. The summed E-state index contributed by atoms with van der Waals surface area (Å²) < 4.78 is 28.0. The largest absolute Gasteiger partial charge is 0.508 e. The number of carbonyl (C=O) groups excluding carboxylic acids is 1. The Labute approximate surface area is 202 Å². The Bertz CT molecular complexity index is 1020. The van der Waals surface area contributed by atoms with Crippen LogP contribution in [0.1, 0.15) is 32.3 Å². The second kappa shape index (κ2) is 11.8. The zero-order chi connectivity index (χ0) is 24.7. The first-order valence-electron chi connectivity index (χ1n) is 11.7. The van der Waals surface area contributed by atoms with Crippen LogP contribution in [0.3, 0.4) is 0 Å². The quantitative estimate of drug-likeness (QED) is 0.383. The van der Waals surface area contributed by atoms with Crippen LogP contribution in [0.2, 0.25) is 0 Å². The van der Waals surface area contributed by atoms with Crippen LogP contribution in [0.5, 0.6) is 5.75 Å². The second-order valence-electron chi connectivity index (χ2n) is 9.23. The molecule has 0 unspecified atom stereocenters. The minimum atomic E-state index is -3.92. The molecule has 3 rings (SSSR count). The molecule has 0 radical (unpaired) electrons. The number of aliphatic hydroxyl groups excluding tert-OH is 1. The molecule has 1 fully saturated rings. The number of carbonyl (C=O) groups is 1. The molecule has 1 amide bonds. The summed E-state index contributed by atoms with van der Waals surface area (Å²) >= 11 is 0. The highest BCUT2D eigenvalue weighted by Crippen LogP contribution is 2.21. The normalized spacial score (nSPS) is 18.2. The van der Waals surface area contributed by atoms with Crippen LogP contribution < -0.4 is 10.6 Å². The molecule has 3 atom stereocenters. The predicted octanol–water partition coefficient (Wildman–Crippen LogP) is 1.88. The van der Waals surface area contributed by atoms with Crippen molar-refractivity contribution < 1.29 is 23.4 Å². The first-order valence-corrected chi connectivity index (χ1v) is 13.2. The molecule has 0 spiro atoms. The molecule has 0 aromatic heterocycles. The van der Waals surface area contributed by atoms with Gasteiger partial charge in [0.1, 0.15) is 5.75 Å². The Morgan fingerprint density at radius 3 is 2.38 bits per heavy atom. The standard InChI is InChI=1S/C25H35N3O5S/c1-18(2)16-28(34(32,33)21-12-10-20(29)11-13-21)17-24(30)23(15-19-7-4-3-5-8-19)27-25(31)22-9-6-14-26-22/h3-5,7-8,10-13,18,22-24,26,29-30H,6,9,14-17H2,1-2H3,(H,27,31)/t22-,23-,24+/m0/s1. The Kier molecular flexibility index (Phi) is 9.07. The summed E-state index contributed by atoms with van der Waals surface area (Å²) in [6.07, 6.45) is 0.886. The molecule has 0 saturated carbocycles. The van der Waals surface area contributed by atoms with Gasteiger partial charge in [-0.2, -0.15) is 4.31 Å². The number of aromatic hydroxyl groups is 1. The number of rotatable bonds is 11. The molecule has 186 valence electrons. The predicted molar refractivity (Wildman–Crippen MR) is 131 cm³/mol.